The van der Waals surface area contributed by atoms with Crippen molar-refractivity contribution in [2.24, 2.45) is 17.6 Å². The summed E-state index contributed by atoms with van der Waals surface area (Å²) in [5.41, 5.74) is 6.06. The second-order valence-electron chi connectivity index (χ2n) is 10.0. The number of ether oxygens (including phenoxy) is 2. The molecule has 0 heterocycles. The number of ketones is 2. The maximum Gasteiger partial charge on any atom is 0.344 e. The van der Waals surface area contributed by atoms with Crippen molar-refractivity contribution in [1.82, 2.24) is 4.90 Å². The number of esters is 1. The van der Waals surface area contributed by atoms with E-state index in [1.54, 1.807) is 32.8 Å². The van der Waals surface area contributed by atoms with Gasteiger partial charge >= 0.3 is 5.97 Å². The van der Waals surface area contributed by atoms with Gasteiger partial charge in [-0.3, -0.25) is 19.3 Å². The summed E-state index contributed by atoms with van der Waals surface area (Å²) in [6.45, 7) is 4.74. The molecule has 1 aromatic rings. The van der Waals surface area contributed by atoms with E-state index in [9.17, 15) is 24.3 Å². The van der Waals surface area contributed by atoms with Crippen molar-refractivity contribution < 1.29 is 33.8 Å². The number of halogens is 1. The third-order valence-corrected chi connectivity index (χ3v) is 8.78. The van der Waals surface area contributed by atoms with Crippen LogP contribution in [0.25, 0.3) is 0 Å². The lowest BCUT2D eigenvalue weighted by Gasteiger charge is -2.52. The van der Waals surface area contributed by atoms with E-state index in [-0.39, 0.29) is 29.6 Å². The molecule has 0 fully saturated rings. The zero-order valence-electron chi connectivity index (χ0n) is 21.5. The van der Waals surface area contributed by atoms with Gasteiger partial charge in [0, 0.05) is 20.6 Å². The third kappa shape index (κ3) is 4.22. The number of carbonyl (C=O) groups is 4. The van der Waals surface area contributed by atoms with Crippen molar-refractivity contribution in [1.29, 1.82) is 0 Å². The van der Waals surface area contributed by atoms with Crippen LogP contribution in [0, 0.1) is 22.3 Å². The fourth-order valence-corrected chi connectivity index (χ4v) is 6.89. The molecule has 0 aromatic heterocycles. The summed E-state index contributed by atoms with van der Waals surface area (Å²) < 4.78 is 11.7. The van der Waals surface area contributed by atoms with E-state index in [0.29, 0.717) is 24.0 Å². The number of likely N-dealkylation sites (N-methyl/N-ethyl adjacent to an activating group) is 1. The molecule has 3 N–H and O–H groups in total. The summed E-state index contributed by atoms with van der Waals surface area (Å²) in [6.07, 6.45) is 0.880. The molecule has 0 radical (unpaired) electrons. The van der Waals surface area contributed by atoms with Crippen molar-refractivity contribution in [3.05, 3.63) is 54.9 Å². The number of fused-ring (bicyclic) bond motifs is 3. The Labute approximate surface area is 229 Å². The highest BCUT2D eigenvalue weighted by atomic mass is 127. The minimum Gasteiger partial charge on any atom is -0.484 e. The van der Waals surface area contributed by atoms with Gasteiger partial charge in [-0.05, 0) is 99.0 Å². The molecular weight excluding hydrogens is 591 g/mol. The van der Waals surface area contributed by atoms with Crippen LogP contribution in [-0.2, 0) is 30.3 Å². The predicted molar refractivity (Wildman–Crippen MR) is 142 cm³/mol. The summed E-state index contributed by atoms with van der Waals surface area (Å²) in [6, 6.07) is 3.12. The van der Waals surface area contributed by atoms with Gasteiger partial charge in [0.2, 0.25) is 5.78 Å². The topological polar surface area (TPSA) is 136 Å². The average molecular weight is 622 g/mol. The van der Waals surface area contributed by atoms with E-state index < -0.39 is 47.4 Å². The van der Waals surface area contributed by atoms with Crippen molar-refractivity contribution >= 4 is 46.0 Å². The summed E-state index contributed by atoms with van der Waals surface area (Å²) >= 11 is 2.23. The highest BCUT2D eigenvalue weighted by molar-refractivity contribution is 14.1. The van der Waals surface area contributed by atoms with Crippen LogP contribution in [0.2, 0.25) is 0 Å². The quantitative estimate of drug-likeness (QED) is 0.279. The molecule has 0 unspecified atom stereocenters. The molecule has 9 nitrogen and oxygen atoms in total. The Hall–Kier alpha value is -2.57. The number of nitrogens with two attached hydrogens (primary N) is 1. The number of hydrogen-bond donors (Lipinski definition) is 2. The molecule has 3 aliphatic carbocycles. The molecule has 3 aliphatic rings. The van der Waals surface area contributed by atoms with Crippen LogP contribution in [0.1, 0.15) is 41.8 Å². The van der Waals surface area contributed by atoms with E-state index in [0.717, 1.165) is 14.7 Å². The van der Waals surface area contributed by atoms with E-state index in [2.05, 4.69) is 22.6 Å². The van der Waals surface area contributed by atoms with Crippen LogP contribution < -0.4 is 5.73 Å². The number of Topliss-reactive ketones (excluding diaryl/α,β-unsaturated/α-hetero) is 2. The molecular formula is C27H31IN2O7. The molecule has 1 amide bonds. The minimum absolute atomic E-state index is 0.0607. The monoisotopic (exact) mass is 622 g/mol. The van der Waals surface area contributed by atoms with Gasteiger partial charge < -0.3 is 20.3 Å². The molecule has 0 spiro atoms. The molecule has 37 heavy (non-hydrogen) atoms. The van der Waals surface area contributed by atoms with Crippen LogP contribution in [0.15, 0.2) is 34.6 Å². The molecule has 10 heteroatoms. The average Bonchev–Trinajstić information content (AvgIpc) is 2.81. The third-order valence-electron chi connectivity index (χ3n) is 7.77. The first-order valence-corrected chi connectivity index (χ1v) is 13.2. The Morgan fingerprint density at radius 2 is 1.92 bits per heavy atom. The first-order chi connectivity index (χ1) is 17.4. The number of allylic oxidation sites excluding steroid dienone is 1. The van der Waals surface area contributed by atoms with Gasteiger partial charge in [-0.1, -0.05) is 6.07 Å². The summed E-state index contributed by atoms with van der Waals surface area (Å²) in [7, 11) is 3.46. The van der Waals surface area contributed by atoms with Gasteiger partial charge in [0.15, 0.2) is 18.0 Å². The number of aryl methyl sites for hydroxylation is 1. The second-order valence-corrected chi connectivity index (χ2v) is 11.2. The van der Waals surface area contributed by atoms with Crippen molar-refractivity contribution in [2.45, 2.75) is 45.3 Å². The number of carbonyl (C=O) groups excluding carboxylic acids is 4. The van der Waals surface area contributed by atoms with Gasteiger partial charge in [-0.25, -0.2) is 4.79 Å². The number of benzene rings is 1. The second kappa shape index (κ2) is 9.95. The van der Waals surface area contributed by atoms with E-state index in [1.807, 2.05) is 19.1 Å². The largest absolute Gasteiger partial charge is 0.484 e. The summed E-state index contributed by atoms with van der Waals surface area (Å²) in [5, 5.41) is 12.1. The highest BCUT2D eigenvalue weighted by Crippen LogP contribution is 2.53. The fraction of sp³-hybridized carbons (Fsp3) is 0.481. The number of nitrogens with zero attached hydrogens (tertiary/aromatic N) is 1. The molecule has 4 rings (SSSR count). The standard InChI is InChI=1S/C27H31IN2O7/c1-6-36-18(31)11-37-24-21(26(29)34)25(33)27(35)13(3)20-14(10-16(27)22(24)30(4)5)9-15-17(28)8-7-12(2)19(15)23(20)32/h7-8,14,16,22,35H,6,9-11H2,1-5H3,(H2,29,34)/t14-,16-,22-,27+/m0/s1. The van der Waals surface area contributed by atoms with Crippen molar-refractivity contribution in [3.63, 3.8) is 0 Å². The molecule has 0 saturated carbocycles. The van der Waals surface area contributed by atoms with E-state index in [1.165, 1.54) is 0 Å². The number of hydrogen-bond acceptors (Lipinski definition) is 8. The Kier molecular flexibility index (Phi) is 7.39. The van der Waals surface area contributed by atoms with E-state index in [4.69, 9.17) is 15.2 Å². The number of aliphatic hydroxyl groups is 1. The maximum absolute atomic E-state index is 13.9. The maximum atomic E-state index is 13.9. The molecule has 1 aromatic carbocycles. The normalized spacial score (nSPS) is 27.1. The Morgan fingerprint density at radius 1 is 1.24 bits per heavy atom. The first-order valence-electron chi connectivity index (χ1n) is 12.2. The van der Waals surface area contributed by atoms with Gasteiger partial charge in [0.25, 0.3) is 5.91 Å². The fourth-order valence-electron chi connectivity index (χ4n) is 6.22. The summed E-state index contributed by atoms with van der Waals surface area (Å²) in [4.78, 5) is 54.0. The Balaban J connectivity index is 1.90. The van der Waals surface area contributed by atoms with Gasteiger partial charge in [-0.15, -0.1) is 0 Å². The van der Waals surface area contributed by atoms with Crippen LogP contribution in [0.4, 0.5) is 0 Å². The lowest BCUT2D eigenvalue weighted by atomic mass is 9.56. The smallest absolute Gasteiger partial charge is 0.344 e. The zero-order valence-corrected chi connectivity index (χ0v) is 23.7. The predicted octanol–water partition coefficient (Wildman–Crippen LogP) is 1.85. The van der Waals surface area contributed by atoms with Gasteiger partial charge in [0.05, 0.1) is 12.6 Å². The van der Waals surface area contributed by atoms with Crippen molar-refractivity contribution in [3.8, 4) is 0 Å². The van der Waals surface area contributed by atoms with Crippen LogP contribution in [0.3, 0.4) is 0 Å². The molecule has 0 saturated heterocycles. The van der Waals surface area contributed by atoms with Crippen LogP contribution in [-0.4, -0.2) is 72.4 Å². The van der Waals surface area contributed by atoms with Crippen molar-refractivity contribution in [2.75, 3.05) is 27.3 Å². The number of amides is 1. The molecule has 0 bridgehead atoms. The summed E-state index contributed by atoms with van der Waals surface area (Å²) in [5.74, 6) is -3.90. The van der Waals surface area contributed by atoms with Crippen LogP contribution in [0.5, 0.6) is 0 Å². The van der Waals surface area contributed by atoms with Crippen LogP contribution >= 0.6 is 22.6 Å². The first kappa shape index (κ1) is 27.5. The number of rotatable bonds is 6. The van der Waals surface area contributed by atoms with Gasteiger partial charge in [-0.2, -0.15) is 0 Å². The number of primary amides is 1. The lowest BCUT2D eigenvalue weighted by Crippen LogP contribution is -2.63. The Bertz CT molecular complexity index is 1280. The van der Waals surface area contributed by atoms with E-state index >= 15 is 0 Å². The minimum atomic E-state index is -2.13. The Morgan fingerprint density at radius 3 is 2.51 bits per heavy atom. The van der Waals surface area contributed by atoms with Gasteiger partial charge in [0.1, 0.15) is 11.3 Å². The molecule has 198 valence electrons. The molecule has 4 atom stereocenters. The SMILES string of the molecule is CCOC(=O)COC1=C(C(N)=O)C(=O)[C@@]2(O)C(C)=C3C(=O)c4c(C)ccc(I)c4C[C@H]3C[C@H]2[C@@H]1N(C)C. The lowest BCUT2D eigenvalue weighted by molar-refractivity contribution is -0.151. The molecule has 0 aliphatic heterocycles. The zero-order chi connectivity index (χ0) is 27.4. The highest BCUT2D eigenvalue weighted by Gasteiger charge is 2.61.